The lowest BCUT2D eigenvalue weighted by Gasteiger charge is -2.20. The molecule has 26 heavy (non-hydrogen) atoms. The van der Waals surface area contributed by atoms with Crippen molar-refractivity contribution in [3.05, 3.63) is 70.2 Å². The van der Waals surface area contributed by atoms with E-state index in [1.165, 1.54) is 6.07 Å². The lowest BCUT2D eigenvalue weighted by atomic mass is 10.0. The van der Waals surface area contributed by atoms with E-state index in [2.05, 4.69) is 5.32 Å². The number of carbonyl (C=O) groups is 1. The summed E-state index contributed by atoms with van der Waals surface area (Å²) in [7, 11) is 0. The molecule has 0 saturated heterocycles. The van der Waals surface area contributed by atoms with Crippen molar-refractivity contribution in [2.75, 3.05) is 6.61 Å². The van der Waals surface area contributed by atoms with Gasteiger partial charge in [0.2, 0.25) is 0 Å². The van der Waals surface area contributed by atoms with Gasteiger partial charge in [-0.1, -0.05) is 48.0 Å². The van der Waals surface area contributed by atoms with Crippen LogP contribution in [0.2, 0.25) is 5.02 Å². The van der Waals surface area contributed by atoms with E-state index in [0.717, 1.165) is 12.1 Å². The highest BCUT2D eigenvalue weighted by atomic mass is 35.5. The smallest absolute Gasteiger partial charge is 0.416 e. The summed E-state index contributed by atoms with van der Waals surface area (Å²) in [5.41, 5.74) is 0.436. The van der Waals surface area contributed by atoms with Gasteiger partial charge in [0.1, 0.15) is 0 Å². The quantitative estimate of drug-likeness (QED) is 0.670. The normalized spacial score (nSPS) is 12.7. The zero-order valence-electron chi connectivity index (χ0n) is 14.1. The van der Waals surface area contributed by atoms with Crippen LogP contribution in [0, 0.1) is 0 Å². The third-order valence-corrected chi connectivity index (χ3v) is 4.11. The fourth-order valence-electron chi connectivity index (χ4n) is 2.54. The highest BCUT2D eigenvalue weighted by molar-refractivity contribution is 6.31. The monoisotopic (exact) mass is 385 g/mol. The molecular formula is C19H19ClF3NO2. The molecule has 0 amide bonds. The van der Waals surface area contributed by atoms with E-state index in [-0.39, 0.29) is 19.6 Å². The second kappa shape index (κ2) is 9.05. The maximum absolute atomic E-state index is 12.8. The van der Waals surface area contributed by atoms with Crippen LogP contribution in [-0.4, -0.2) is 12.6 Å². The van der Waals surface area contributed by atoms with Gasteiger partial charge in [-0.2, -0.15) is 13.2 Å². The van der Waals surface area contributed by atoms with E-state index in [9.17, 15) is 18.0 Å². The Hall–Kier alpha value is -2.05. The molecule has 2 rings (SSSR count). The summed E-state index contributed by atoms with van der Waals surface area (Å²) in [6.45, 7) is 2.11. The predicted molar refractivity (Wildman–Crippen MR) is 93.7 cm³/mol. The molecule has 1 N–H and O–H groups in total. The van der Waals surface area contributed by atoms with Crippen molar-refractivity contribution in [3.63, 3.8) is 0 Å². The van der Waals surface area contributed by atoms with Crippen LogP contribution in [0.4, 0.5) is 13.2 Å². The Kier molecular flexibility index (Phi) is 7.06. The van der Waals surface area contributed by atoms with E-state index in [0.29, 0.717) is 16.1 Å². The summed E-state index contributed by atoms with van der Waals surface area (Å²) in [4.78, 5) is 11.9. The molecule has 0 radical (unpaired) electrons. The molecule has 0 spiro atoms. The molecule has 0 unspecified atom stereocenters. The van der Waals surface area contributed by atoms with Crippen LogP contribution < -0.4 is 5.32 Å². The highest BCUT2D eigenvalue weighted by Gasteiger charge is 2.30. The zero-order chi connectivity index (χ0) is 19.2. The Morgan fingerprint density at radius 1 is 1.19 bits per heavy atom. The number of esters is 1. The summed E-state index contributed by atoms with van der Waals surface area (Å²) in [5, 5.41) is 3.58. The van der Waals surface area contributed by atoms with Crippen LogP contribution in [0.1, 0.15) is 36.1 Å². The fourth-order valence-corrected chi connectivity index (χ4v) is 2.80. The summed E-state index contributed by atoms with van der Waals surface area (Å²) in [5.74, 6) is -0.408. The third kappa shape index (κ3) is 5.75. The largest absolute Gasteiger partial charge is 0.466 e. The van der Waals surface area contributed by atoms with E-state index in [1.807, 2.05) is 0 Å². The van der Waals surface area contributed by atoms with Crippen molar-refractivity contribution in [1.29, 1.82) is 0 Å². The van der Waals surface area contributed by atoms with Gasteiger partial charge in [0.05, 0.1) is 18.6 Å². The molecule has 1 atom stereocenters. The lowest BCUT2D eigenvalue weighted by molar-refractivity contribution is -0.143. The van der Waals surface area contributed by atoms with Crippen molar-refractivity contribution in [2.45, 2.75) is 32.1 Å². The van der Waals surface area contributed by atoms with Gasteiger partial charge in [0.25, 0.3) is 0 Å². The fraction of sp³-hybridized carbons (Fsp3) is 0.316. The minimum atomic E-state index is -4.40. The first kappa shape index (κ1) is 20.3. The van der Waals surface area contributed by atoms with Crippen molar-refractivity contribution in [3.8, 4) is 0 Å². The van der Waals surface area contributed by atoms with Crippen molar-refractivity contribution in [2.24, 2.45) is 0 Å². The molecular weight excluding hydrogens is 367 g/mol. The summed E-state index contributed by atoms with van der Waals surface area (Å²) < 4.78 is 43.5. The molecule has 0 aliphatic carbocycles. The standard InChI is InChI=1S/C19H19ClF3NO2/c1-2-26-18(25)11-17(15-8-3-4-9-16(15)20)24-12-13-6-5-7-14(10-13)19(21,22)23/h3-10,17,24H,2,11-12H2,1H3/t17-/m0/s1. The summed E-state index contributed by atoms with van der Waals surface area (Å²) in [6, 6.07) is 11.6. The first-order valence-electron chi connectivity index (χ1n) is 8.10. The summed E-state index contributed by atoms with van der Waals surface area (Å²) in [6.07, 6.45) is -4.38. The molecule has 0 saturated carbocycles. The Bertz CT molecular complexity index is 750. The Morgan fingerprint density at radius 2 is 1.92 bits per heavy atom. The number of carbonyl (C=O) groups excluding carboxylic acids is 1. The number of ether oxygens (including phenoxy) is 1. The average Bonchev–Trinajstić information content (AvgIpc) is 2.59. The molecule has 0 fully saturated rings. The zero-order valence-corrected chi connectivity index (χ0v) is 14.9. The van der Waals surface area contributed by atoms with Crippen LogP contribution in [0.25, 0.3) is 0 Å². The SMILES string of the molecule is CCOC(=O)C[C@H](NCc1cccc(C(F)(F)F)c1)c1ccccc1Cl. The molecule has 2 aromatic rings. The van der Waals surface area contributed by atoms with Crippen LogP contribution in [-0.2, 0) is 22.3 Å². The molecule has 0 heterocycles. The molecule has 0 aromatic heterocycles. The minimum absolute atomic E-state index is 0.0243. The lowest BCUT2D eigenvalue weighted by Crippen LogP contribution is -2.25. The molecule has 2 aromatic carbocycles. The minimum Gasteiger partial charge on any atom is -0.466 e. The van der Waals surface area contributed by atoms with E-state index < -0.39 is 23.8 Å². The van der Waals surface area contributed by atoms with Crippen molar-refractivity contribution >= 4 is 17.6 Å². The van der Waals surface area contributed by atoms with E-state index in [1.54, 1.807) is 37.3 Å². The van der Waals surface area contributed by atoms with Gasteiger partial charge in [0.15, 0.2) is 0 Å². The number of rotatable bonds is 7. The predicted octanol–water partition coefficient (Wildman–Crippen LogP) is 5.14. The van der Waals surface area contributed by atoms with E-state index in [4.69, 9.17) is 16.3 Å². The number of hydrogen-bond acceptors (Lipinski definition) is 3. The third-order valence-electron chi connectivity index (χ3n) is 3.76. The summed E-state index contributed by atoms with van der Waals surface area (Å²) >= 11 is 6.21. The molecule has 140 valence electrons. The maximum atomic E-state index is 12.8. The second-order valence-electron chi connectivity index (χ2n) is 5.66. The Labute approximate surface area is 155 Å². The van der Waals surface area contributed by atoms with Crippen LogP contribution >= 0.6 is 11.6 Å². The molecule has 0 bridgehead atoms. The molecule has 3 nitrogen and oxygen atoms in total. The van der Waals surface area contributed by atoms with Crippen LogP contribution in [0.3, 0.4) is 0 Å². The van der Waals surface area contributed by atoms with Crippen LogP contribution in [0.15, 0.2) is 48.5 Å². The first-order valence-corrected chi connectivity index (χ1v) is 8.48. The number of alkyl halides is 3. The van der Waals surface area contributed by atoms with Gasteiger partial charge < -0.3 is 10.1 Å². The van der Waals surface area contributed by atoms with Crippen molar-refractivity contribution < 1.29 is 22.7 Å². The number of hydrogen-bond donors (Lipinski definition) is 1. The van der Waals surface area contributed by atoms with Gasteiger partial charge in [0, 0.05) is 17.6 Å². The van der Waals surface area contributed by atoms with Gasteiger partial charge in [-0.25, -0.2) is 0 Å². The number of benzene rings is 2. The Morgan fingerprint density at radius 3 is 2.58 bits per heavy atom. The van der Waals surface area contributed by atoms with Gasteiger partial charge >= 0.3 is 12.1 Å². The molecule has 7 heteroatoms. The Balaban J connectivity index is 2.17. The highest BCUT2D eigenvalue weighted by Crippen LogP contribution is 2.30. The molecule has 0 aliphatic rings. The molecule has 0 aliphatic heterocycles. The number of nitrogens with one attached hydrogen (secondary N) is 1. The van der Waals surface area contributed by atoms with Crippen molar-refractivity contribution in [1.82, 2.24) is 5.32 Å². The van der Waals surface area contributed by atoms with E-state index >= 15 is 0 Å². The van der Waals surface area contributed by atoms with Crippen LogP contribution in [0.5, 0.6) is 0 Å². The number of halogens is 4. The average molecular weight is 386 g/mol. The van der Waals surface area contributed by atoms with Gasteiger partial charge in [-0.3, -0.25) is 4.79 Å². The van der Waals surface area contributed by atoms with Gasteiger partial charge in [-0.05, 0) is 30.2 Å². The maximum Gasteiger partial charge on any atom is 0.416 e. The first-order chi connectivity index (χ1) is 12.3. The second-order valence-corrected chi connectivity index (χ2v) is 6.07. The topological polar surface area (TPSA) is 38.3 Å². The van der Waals surface area contributed by atoms with Gasteiger partial charge in [-0.15, -0.1) is 0 Å².